The molecule has 0 fully saturated rings. The van der Waals surface area contributed by atoms with Crippen LogP contribution >= 0.6 is 0 Å². The summed E-state index contributed by atoms with van der Waals surface area (Å²) in [7, 11) is 0. The molecule has 1 atom stereocenters. The Kier molecular flexibility index (Phi) is 5.29. The van der Waals surface area contributed by atoms with Gasteiger partial charge in [-0.15, -0.1) is 0 Å². The van der Waals surface area contributed by atoms with E-state index in [1.165, 1.54) is 0 Å². The zero-order valence-corrected chi connectivity index (χ0v) is 9.30. The first-order valence-corrected chi connectivity index (χ1v) is 5.29. The molecule has 0 aliphatic heterocycles. The van der Waals surface area contributed by atoms with Crippen molar-refractivity contribution in [2.24, 2.45) is 0 Å². The summed E-state index contributed by atoms with van der Waals surface area (Å²) in [6, 6.07) is 9.30. The lowest BCUT2D eigenvalue weighted by Gasteiger charge is -2.05. The highest BCUT2D eigenvalue weighted by Crippen LogP contribution is 2.12. The minimum atomic E-state index is -0.651. The number of esters is 1. The minimum absolute atomic E-state index is 0.205. The average Bonchev–Trinajstić information content (AvgIpc) is 2.35. The molecule has 0 aromatic heterocycles. The fourth-order valence-corrected chi connectivity index (χ4v) is 1.19. The standard InChI is InChI=1S/C13H16O3/c1-2-13(15)16-10-6-9-12(14)11-7-4-3-5-8-11/h3-9,12,14H,2,10H2,1H3/b9-6+. The van der Waals surface area contributed by atoms with Crippen molar-refractivity contribution in [1.82, 2.24) is 0 Å². The maximum atomic E-state index is 10.8. The van der Waals surface area contributed by atoms with E-state index in [1.807, 2.05) is 30.3 Å². The zero-order valence-electron chi connectivity index (χ0n) is 9.30. The van der Waals surface area contributed by atoms with Crippen LogP contribution in [-0.4, -0.2) is 17.7 Å². The van der Waals surface area contributed by atoms with Crippen LogP contribution in [0.5, 0.6) is 0 Å². The van der Waals surface area contributed by atoms with Crippen LogP contribution in [0.3, 0.4) is 0 Å². The Morgan fingerprint density at radius 1 is 1.44 bits per heavy atom. The number of hydrogen-bond donors (Lipinski definition) is 1. The summed E-state index contributed by atoms with van der Waals surface area (Å²) in [6.45, 7) is 1.95. The molecule has 86 valence electrons. The molecule has 0 spiro atoms. The first-order chi connectivity index (χ1) is 7.74. The van der Waals surface area contributed by atoms with Gasteiger partial charge in [-0.05, 0) is 11.6 Å². The van der Waals surface area contributed by atoms with Gasteiger partial charge in [0.15, 0.2) is 0 Å². The third-order valence-corrected chi connectivity index (χ3v) is 2.09. The Morgan fingerprint density at radius 3 is 2.75 bits per heavy atom. The molecule has 1 unspecified atom stereocenters. The molecule has 0 saturated heterocycles. The van der Waals surface area contributed by atoms with Crippen LogP contribution in [0.2, 0.25) is 0 Å². The predicted octanol–water partition coefficient (Wildman–Crippen LogP) is 2.23. The summed E-state index contributed by atoms with van der Waals surface area (Å²) in [5.74, 6) is -0.237. The molecule has 16 heavy (non-hydrogen) atoms. The van der Waals surface area contributed by atoms with Crippen molar-refractivity contribution in [3.63, 3.8) is 0 Å². The van der Waals surface area contributed by atoms with E-state index in [4.69, 9.17) is 4.74 Å². The number of benzene rings is 1. The SMILES string of the molecule is CCC(=O)OC/C=C/C(O)c1ccccc1. The van der Waals surface area contributed by atoms with Crippen molar-refractivity contribution in [3.05, 3.63) is 48.0 Å². The van der Waals surface area contributed by atoms with Gasteiger partial charge in [-0.1, -0.05) is 43.3 Å². The van der Waals surface area contributed by atoms with E-state index in [0.717, 1.165) is 5.56 Å². The minimum Gasteiger partial charge on any atom is -0.461 e. The van der Waals surface area contributed by atoms with Crippen molar-refractivity contribution >= 4 is 5.97 Å². The second-order valence-corrected chi connectivity index (χ2v) is 3.32. The molecule has 0 aliphatic carbocycles. The topological polar surface area (TPSA) is 46.5 Å². The van der Waals surface area contributed by atoms with E-state index < -0.39 is 6.10 Å². The fourth-order valence-electron chi connectivity index (χ4n) is 1.19. The Hall–Kier alpha value is -1.61. The predicted molar refractivity (Wildman–Crippen MR) is 61.8 cm³/mol. The van der Waals surface area contributed by atoms with Gasteiger partial charge in [0.1, 0.15) is 6.61 Å². The summed E-state index contributed by atoms with van der Waals surface area (Å²) in [4.78, 5) is 10.8. The molecule has 1 aromatic rings. The number of aliphatic hydroxyl groups is 1. The zero-order chi connectivity index (χ0) is 11.8. The summed E-state index contributed by atoms with van der Waals surface area (Å²) >= 11 is 0. The Labute approximate surface area is 95.4 Å². The van der Waals surface area contributed by atoms with Gasteiger partial charge in [0, 0.05) is 6.42 Å². The smallest absolute Gasteiger partial charge is 0.305 e. The van der Waals surface area contributed by atoms with Gasteiger partial charge >= 0.3 is 5.97 Å². The Bertz CT molecular complexity index is 343. The summed E-state index contributed by atoms with van der Waals surface area (Å²) < 4.78 is 4.84. The van der Waals surface area contributed by atoms with E-state index in [1.54, 1.807) is 19.1 Å². The Morgan fingerprint density at radius 2 is 2.12 bits per heavy atom. The highest BCUT2D eigenvalue weighted by atomic mass is 16.5. The maximum absolute atomic E-state index is 10.8. The van der Waals surface area contributed by atoms with Gasteiger partial charge in [0.05, 0.1) is 6.10 Å². The Balaban J connectivity index is 2.37. The number of aliphatic hydroxyl groups excluding tert-OH is 1. The lowest BCUT2D eigenvalue weighted by atomic mass is 10.1. The third-order valence-electron chi connectivity index (χ3n) is 2.09. The van der Waals surface area contributed by atoms with Gasteiger partial charge in [0.2, 0.25) is 0 Å². The van der Waals surface area contributed by atoms with Crippen molar-refractivity contribution in [3.8, 4) is 0 Å². The second kappa shape index (κ2) is 6.80. The first kappa shape index (κ1) is 12.5. The number of hydrogen-bond acceptors (Lipinski definition) is 3. The number of carbonyl (C=O) groups excluding carboxylic acids is 1. The van der Waals surface area contributed by atoms with Crippen molar-refractivity contribution < 1.29 is 14.6 Å². The van der Waals surface area contributed by atoms with Crippen molar-refractivity contribution in [2.75, 3.05) is 6.61 Å². The second-order valence-electron chi connectivity index (χ2n) is 3.32. The van der Waals surface area contributed by atoms with E-state index in [9.17, 15) is 9.90 Å². The largest absolute Gasteiger partial charge is 0.461 e. The van der Waals surface area contributed by atoms with Crippen LogP contribution in [0.1, 0.15) is 25.0 Å². The monoisotopic (exact) mass is 220 g/mol. The highest BCUT2D eigenvalue weighted by molar-refractivity contribution is 5.68. The van der Waals surface area contributed by atoms with Crippen LogP contribution in [-0.2, 0) is 9.53 Å². The molecular weight excluding hydrogens is 204 g/mol. The van der Waals surface area contributed by atoms with E-state index in [0.29, 0.717) is 6.42 Å². The van der Waals surface area contributed by atoms with E-state index in [2.05, 4.69) is 0 Å². The molecule has 0 heterocycles. The van der Waals surface area contributed by atoms with Gasteiger partial charge < -0.3 is 9.84 Å². The van der Waals surface area contributed by atoms with Crippen LogP contribution < -0.4 is 0 Å². The van der Waals surface area contributed by atoms with Crippen molar-refractivity contribution in [1.29, 1.82) is 0 Å². The summed E-state index contributed by atoms with van der Waals surface area (Å²) in [6.07, 6.45) is 2.97. The molecule has 1 rings (SSSR count). The average molecular weight is 220 g/mol. The first-order valence-electron chi connectivity index (χ1n) is 5.29. The molecule has 3 heteroatoms. The third kappa shape index (κ3) is 4.28. The van der Waals surface area contributed by atoms with Gasteiger partial charge in [-0.25, -0.2) is 0 Å². The number of rotatable bonds is 5. The van der Waals surface area contributed by atoms with E-state index in [-0.39, 0.29) is 12.6 Å². The summed E-state index contributed by atoms with van der Waals surface area (Å²) in [5, 5.41) is 9.72. The molecule has 0 bridgehead atoms. The summed E-state index contributed by atoms with van der Waals surface area (Å²) in [5.41, 5.74) is 0.820. The highest BCUT2D eigenvalue weighted by Gasteiger charge is 2.01. The molecule has 1 aromatic carbocycles. The van der Waals surface area contributed by atoms with Gasteiger partial charge in [0.25, 0.3) is 0 Å². The van der Waals surface area contributed by atoms with Crippen LogP contribution in [0.4, 0.5) is 0 Å². The number of ether oxygens (including phenoxy) is 1. The molecule has 1 N–H and O–H groups in total. The van der Waals surface area contributed by atoms with Gasteiger partial charge in [-0.2, -0.15) is 0 Å². The van der Waals surface area contributed by atoms with Gasteiger partial charge in [-0.3, -0.25) is 4.79 Å². The molecule has 0 amide bonds. The molecule has 0 aliphatic rings. The van der Waals surface area contributed by atoms with Crippen LogP contribution in [0, 0.1) is 0 Å². The quantitative estimate of drug-likeness (QED) is 0.611. The lowest BCUT2D eigenvalue weighted by molar-refractivity contribution is -0.141. The van der Waals surface area contributed by atoms with Crippen molar-refractivity contribution in [2.45, 2.75) is 19.4 Å². The molecular formula is C13H16O3. The molecule has 3 nitrogen and oxygen atoms in total. The fraction of sp³-hybridized carbons (Fsp3) is 0.308. The van der Waals surface area contributed by atoms with E-state index >= 15 is 0 Å². The lowest BCUT2D eigenvalue weighted by Crippen LogP contribution is -2.02. The van der Waals surface area contributed by atoms with Crippen LogP contribution in [0.25, 0.3) is 0 Å². The number of carbonyl (C=O) groups is 1. The molecule has 0 saturated carbocycles. The molecule has 0 radical (unpaired) electrons. The maximum Gasteiger partial charge on any atom is 0.305 e. The normalized spacial score (nSPS) is 12.6. The van der Waals surface area contributed by atoms with Crippen LogP contribution in [0.15, 0.2) is 42.5 Å².